The van der Waals surface area contributed by atoms with Crippen LogP contribution in [-0.2, 0) is 0 Å². The van der Waals surface area contributed by atoms with Gasteiger partial charge in [0.15, 0.2) is 0 Å². The zero-order valence-corrected chi connectivity index (χ0v) is 12.4. The lowest BCUT2D eigenvalue weighted by molar-refractivity contribution is -0.384. The first-order valence-electron chi connectivity index (χ1n) is 6.75. The molecule has 1 atom stereocenters. The first-order chi connectivity index (χ1) is 9.36. The second-order valence-electron chi connectivity index (χ2n) is 5.04. The number of aryl methyl sites for hydroxylation is 1. The van der Waals surface area contributed by atoms with Crippen molar-refractivity contribution >= 4 is 11.4 Å². The standard InChI is InChI=1S/C14H22FN3O2/c1-5-11(3)17(4)7-6-16-13-8-10(2)12(15)9-14(13)18(19)20/h8-9,11,16H,5-7H2,1-4H3. The molecule has 0 amide bonds. The first-order valence-corrected chi connectivity index (χ1v) is 6.75. The van der Waals surface area contributed by atoms with Gasteiger partial charge in [-0.15, -0.1) is 0 Å². The van der Waals surface area contributed by atoms with Crippen molar-refractivity contribution in [1.82, 2.24) is 4.90 Å². The molecule has 0 aromatic heterocycles. The van der Waals surface area contributed by atoms with E-state index >= 15 is 0 Å². The summed E-state index contributed by atoms with van der Waals surface area (Å²) in [6, 6.07) is 2.91. The smallest absolute Gasteiger partial charge is 0.295 e. The predicted octanol–water partition coefficient (Wildman–Crippen LogP) is 3.18. The number of nitro benzene ring substituents is 1. The highest BCUT2D eigenvalue weighted by atomic mass is 19.1. The van der Waals surface area contributed by atoms with Gasteiger partial charge in [-0.1, -0.05) is 6.92 Å². The second kappa shape index (κ2) is 7.19. The van der Waals surface area contributed by atoms with Gasteiger partial charge in [0.05, 0.1) is 11.0 Å². The number of nitro groups is 1. The van der Waals surface area contributed by atoms with Crippen molar-refractivity contribution in [2.45, 2.75) is 33.2 Å². The fraction of sp³-hybridized carbons (Fsp3) is 0.571. The van der Waals surface area contributed by atoms with Gasteiger partial charge in [0.2, 0.25) is 0 Å². The maximum Gasteiger partial charge on any atom is 0.295 e. The molecule has 1 aromatic rings. The van der Waals surface area contributed by atoms with E-state index in [-0.39, 0.29) is 5.69 Å². The number of anilines is 1. The lowest BCUT2D eigenvalue weighted by Gasteiger charge is -2.23. The minimum absolute atomic E-state index is 0.223. The molecule has 0 radical (unpaired) electrons. The number of benzene rings is 1. The van der Waals surface area contributed by atoms with Crippen molar-refractivity contribution in [3.05, 3.63) is 33.6 Å². The molecule has 0 saturated heterocycles. The van der Waals surface area contributed by atoms with Crippen molar-refractivity contribution in [2.24, 2.45) is 0 Å². The van der Waals surface area contributed by atoms with Crippen LogP contribution >= 0.6 is 0 Å². The van der Waals surface area contributed by atoms with Crippen LogP contribution in [0, 0.1) is 22.9 Å². The summed E-state index contributed by atoms with van der Waals surface area (Å²) in [7, 11) is 2.01. The number of hydrogen-bond acceptors (Lipinski definition) is 4. The van der Waals surface area contributed by atoms with E-state index < -0.39 is 10.7 Å². The maximum absolute atomic E-state index is 13.4. The van der Waals surface area contributed by atoms with Crippen LogP contribution in [0.3, 0.4) is 0 Å². The van der Waals surface area contributed by atoms with Gasteiger partial charge >= 0.3 is 0 Å². The molecule has 0 aliphatic carbocycles. The van der Waals surface area contributed by atoms with Gasteiger partial charge in [-0.2, -0.15) is 0 Å². The molecule has 112 valence electrons. The van der Waals surface area contributed by atoms with E-state index in [4.69, 9.17) is 0 Å². The van der Waals surface area contributed by atoms with E-state index in [0.29, 0.717) is 23.8 Å². The van der Waals surface area contributed by atoms with Crippen LogP contribution in [0.1, 0.15) is 25.8 Å². The van der Waals surface area contributed by atoms with Crippen molar-refractivity contribution in [3.8, 4) is 0 Å². The van der Waals surface area contributed by atoms with Gasteiger partial charge < -0.3 is 10.2 Å². The van der Waals surface area contributed by atoms with Crippen molar-refractivity contribution in [3.63, 3.8) is 0 Å². The Hall–Kier alpha value is -1.69. The fourth-order valence-corrected chi connectivity index (χ4v) is 1.86. The van der Waals surface area contributed by atoms with Crippen LogP contribution in [0.5, 0.6) is 0 Å². The topological polar surface area (TPSA) is 58.4 Å². The second-order valence-corrected chi connectivity index (χ2v) is 5.04. The van der Waals surface area contributed by atoms with Crippen LogP contribution in [0.15, 0.2) is 12.1 Å². The molecule has 1 rings (SSSR count). The third-order valence-electron chi connectivity index (χ3n) is 3.60. The zero-order chi connectivity index (χ0) is 15.3. The van der Waals surface area contributed by atoms with Crippen molar-refractivity contribution < 1.29 is 9.31 Å². The lowest BCUT2D eigenvalue weighted by Crippen LogP contribution is -2.32. The Balaban J connectivity index is 2.72. The molecule has 6 heteroatoms. The van der Waals surface area contributed by atoms with Gasteiger partial charge in [0.1, 0.15) is 11.5 Å². The third kappa shape index (κ3) is 4.16. The summed E-state index contributed by atoms with van der Waals surface area (Å²) >= 11 is 0. The fourth-order valence-electron chi connectivity index (χ4n) is 1.86. The molecule has 20 heavy (non-hydrogen) atoms. The molecule has 1 aromatic carbocycles. The summed E-state index contributed by atoms with van der Waals surface area (Å²) in [6.45, 7) is 7.18. The van der Waals surface area contributed by atoms with E-state index in [9.17, 15) is 14.5 Å². The molecule has 0 aliphatic rings. The van der Waals surface area contributed by atoms with Crippen LogP contribution in [-0.4, -0.2) is 36.0 Å². The Morgan fingerprint density at radius 1 is 1.50 bits per heavy atom. The normalized spacial score (nSPS) is 12.5. The summed E-state index contributed by atoms with van der Waals surface area (Å²) in [5.74, 6) is -0.557. The Morgan fingerprint density at radius 3 is 2.70 bits per heavy atom. The number of rotatable bonds is 7. The highest BCUT2D eigenvalue weighted by Crippen LogP contribution is 2.27. The molecule has 0 spiro atoms. The molecule has 0 bridgehead atoms. The van der Waals surface area contributed by atoms with E-state index in [2.05, 4.69) is 24.1 Å². The number of likely N-dealkylation sites (N-methyl/N-ethyl adjacent to an activating group) is 1. The number of halogens is 1. The molecular weight excluding hydrogens is 261 g/mol. The van der Waals surface area contributed by atoms with Gasteiger partial charge in [0, 0.05) is 19.1 Å². The average Bonchev–Trinajstić information content (AvgIpc) is 2.40. The minimum Gasteiger partial charge on any atom is -0.378 e. The Labute approximate surface area is 118 Å². The van der Waals surface area contributed by atoms with E-state index in [0.717, 1.165) is 19.0 Å². The monoisotopic (exact) mass is 283 g/mol. The van der Waals surface area contributed by atoms with Crippen molar-refractivity contribution in [2.75, 3.05) is 25.5 Å². The van der Waals surface area contributed by atoms with Crippen LogP contribution in [0.4, 0.5) is 15.8 Å². The Bertz CT molecular complexity index is 480. The molecular formula is C14H22FN3O2. The van der Waals surface area contributed by atoms with E-state index in [1.165, 1.54) is 6.07 Å². The minimum atomic E-state index is -0.566. The van der Waals surface area contributed by atoms with Crippen molar-refractivity contribution in [1.29, 1.82) is 0 Å². The largest absolute Gasteiger partial charge is 0.378 e. The molecule has 1 unspecified atom stereocenters. The predicted molar refractivity (Wildman–Crippen MR) is 78.7 cm³/mol. The van der Waals surface area contributed by atoms with Crippen LogP contribution < -0.4 is 5.32 Å². The lowest BCUT2D eigenvalue weighted by atomic mass is 10.1. The summed E-state index contributed by atoms with van der Waals surface area (Å²) in [5.41, 5.74) is 0.541. The third-order valence-corrected chi connectivity index (χ3v) is 3.60. The number of nitrogens with one attached hydrogen (secondary N) is 1. The molecule has 1 N–H and O–H groups in total. The zero-order valence-electron chi connectivity index (χ0n) is 12.4. The molecule has 0 aliphatic heterocycles. The van der Waals surface area contributed by atoms with Gasteiger partial charge in [-0.25, -0.2) is 4.39 Å². The van der Waals surface area contributed by atoms with Crippen LogP contribution in [0.2, 0.25) is 0 Å². The Kier molecular flexibility index (Phi) is 5.88. The molecule has 0 heterocycles. The summed E-state index contributed by atoms with van der Waals surface area (Å²) < 4.78 is 13.4. The quantitative estimate of drug-likeness (QED) is 0.616. The molecule has 0 saturated carbocycles. The number of hydrogen-bond donors (Lipinski definition) is 1. The number of nitrogens with zero attached hydrogens (tertiary/aromatic N) is 2. The highest BCUT2D eigenvalue weighted by molar-refractivity contribution is 5.63. The average molecular weight is 283 g/mol. The summed E-state index contributed by atoms with van der Waals surface area (Å²) in [6.07, 6.45) is 1.05. The van der Waals surface area contributed by atoms with Gasteiger partial charge in [0.25, 0.3) is 5.69 Å². The first kappa shape index (κ1) is 16.4. The summed E-state index contributed by atoms with van der Waals surface area (Å²) in [4.78, 5) is 12.5. The van der Waals surface area contributed by atoms with Gasteiger partial charge in [-0.3, -0.25) is 10.1 Å². The highest BCUT2D eigenvalue weighted by Gasteiger charge is 2.17. The van der Waals surface area contributed by atoms with E-state index in [1.807, 2.05) is 7.05 Å². The SMILES string of the molecule is CCC(C)N(C)CCNc1cc(C)c(F)cc1[N+](=O)[O-]. The molecule has 0 fully saturated rings. The Morgan fingerprint density at radius 2 is 2.15 bits per heavy atom. The van der Waals surface area contributed by atoms with Crippen LogP contribution in [0.25, 0.3) is 0 Å². The summed E-state index contributed by atoms with van der Waals surface area (Å²) in [5, 5.41) is 13.9. The van der Waals surface area contributed by atoms with Gasteiger partial charge in [-0.05, 0) is 38.9 Å². The van der Waals surface area contributed by atoms with E-state index in [1.54, 1.807) is 6.92 Å². The molecule has 5 nitrogen and oxygen atoms in total. The maximum atomic E-state index is 13.4.